The number of rotatable bonds is 6. The summed E-state index contributed by atoms with van der Waals surface area (Å²) in [6, 6.07) is 0. The molecule has 0 amide bonds. The zero-order valence-electron chi connectivity index (χ0n) is 11.2. The van der Waals surface area contributed by atoms with Gasteiger partial charge in [0.05, 0.1) is 6.61 Å². The van der Waals surface area contributed by atoms with Crippen LogP contribution in [-0.4, -0.2) is 29.7 Å². The topological polar surface area (TPSA) is 82.3 Å². The number of nitrogens with two attached hydrogens (primary N) is 1. The van der Waals surface area contributed by atoms with Crippen LogP contribution in [0, 0.1) is 0 Å². The fourth-order valence-corrected chi connectivity index (χ4v) is 1.94. The number of nitrogens with one attached hydrogen (secondary N) is 1. The maximum atomic E-state index is 5.99. The molecule has 6 heteroatoms. The normalized spacial score (nSPS) is 18.3. The quantitative estimate of drug-likeness (QED) is 0.764. The van der Waals surface area contributed by atoms with Crippen LogP contribution in [0.1, 0.15) is 31.7 Å². The lowest BCUT2D eigenvalue weighted by Gasteiger charge is -2.15. The van der Waals surface area contributed by atoms with Gasteiger partial charge in [0.1, 0.15) is 11.8 Å². The molecule has 1 atom stereocenters. The number of anilines is 2. The van der Waals surface area contributed by atoms with Crippen molar-refractivity contribution in [3.05, 3.63) is 18.5 Å². The van der Waals surface area contributed by atoms with Crippen LogP contribution in [-0.2, 0) is 4.74 Å². The molecule has 2 rings (SSSR count). The Kier molecular flexibility index (Phi) is 4.57. The summed E-state index contributed by atoms with van der Waals surface area (Å²) < 4.78 is 11.1. The van der Waals surface area contributed by atoms with E-state index in [1.165, 1.54) is 0 Å². The maximum absolute atomic E-state index is 5.99. The molecule has 19 heavy (non-hydrogen) atoms. The second kappa shape index (κ2) is 6.38. The van der Waals surface area contributed by atoms with Gasteiger partial charge in [-0.05, 0) is 19.8 Å². The van der Waals surface area contributed by atoms with Gasteiger partial charge < -0.3 is 20.5 Å². The summed E-state index contributed by atoms with van der Waals surface area (Å²) in [6.07, 6.45) is 3.63. The minimum absolute atomic E-state index is 0.0657. The lowest BCUT2D eigenvalue weighted by atomic mass is 10.2. The van der Waals surface area contributed by atoms with Gasteiger partial charge in [-0.2, -0.15) is 4.98 Å². The highest BCUT2D eigenvalue weighted by molar-refractivity contribution is 5.67. The molecule has 0 aliphatic carbocycles. The van der Waals surface area contributed by atoms with Crippen molar-refractivity contribution in [1.82, 2.24) is 9.97 Å². The van der Waals surface area contributed by atoms with Crippen molar-refractivity contribution < 1.29 is 9.47 Å². The van der Waals surface area contributed by atoms with E-state index in [9.17, 15) is 0 Å². The van der Waals surface area contributed by atoms with Crippen LogP contribution in [0.3, 0.4) is 0 Å². The number of hydrogen-bond acceptors (Lipinski definition) is 6. The van der Waals surface area contributed by atoms with Crippen LogP contribution in [0.15, 0.2) is 12.7 Å². The number of nitrogen functional groups attached to an aromatic ring is 1. The standard InChI is InChI=1S/C13H20N4O2/c1-3-7-15-12-10(14)13(18-4-2)17-11(16-12)9-6-5-8-19-9/h3,9H,1,4-8,14H2,2H3,(H,15,16,17). The van der Waals surface area contributed by atoms with Crippen LogP contribution in [0.4, 0.5) is 11.5 Å². The van der Waals surface area contributed by atoms with Gasteiger partial charge in [-0.25, -0.2) is 4.98 Å². The summed E-state index contributed by atoms with van der Waals surface area (Å²) in [5.74, 6) is 1.61. The number of ether oxygens (including phenoxy) is 2. The third-order valence-corrected chi connectivity index (χ3v) is 2.84. The van der Waals surface area contributed by atoms with Gasteiger partial charge in [0.2, 0.25) is 5.88 Å². The predicted octanol–water partition coefficient (Wildman–Crippen LogP) is 1.91. The van der Waals surface area contributed by atoms with E-state index in [1.807, 2.05) is 6.92 Å². The first-order valence-corrected chi connectivity index (χ1v) is 6.52. The molecule has 1 aliphatic rings. The van der Waals surface area contributed by atoms with Crippen molar-refractivity contribution in [3.63, 3.8) is 0 Å². The molecule has 0 spiro atoms. The van der Waals surface area contributed by atoms with E-state index in [0.29, 0.717) is 36.4 Å². The lowest BCUT2D eigenvalue weighted by Crippen LogP contribution is -2.12. The maximum Gasteiger partial charge on any atom is 0.242 e. The highest BCUT2D eigenvalue weighted by atomic mass is 16.5. The first-order valence-electron chi connectivity index (χ1n) is 6.52. The molecule has 3 N–H and O–H groups in total. The predicted molar refractivity (Wildman–Crippen MR) is 74.2 cm³/mol. The van der Waals surface area contributed by atoms with Crippen LogP contribution >= 0.6 is 0 Å². The van der Waals surface area contributed by atoms with Crippen LogP contribution < -0.4 is 15.8 Å². The Hall–Kier alpha value is -1.82. The number of aromatic nitrogens is 2. The van der Waals surface area contributed by atoms with Gasteiger partial charge in [0.25, 0.3) is 0 Å². The Bertz CT molecular complexity index is 445. The van der Waals surface area contributed by atoms with Gasteiger partial charge in [-0.3, -0.25) is 0 Å². The highest BCUT2D eigenvalue weighted by Crippen LogP contribution is 2.32. The van der Waals surface area contributed by atoms with Crippen molar-refractivity contribution in [1.29, 1.82) is 0 Å². The molecular formula is C13H20N4O2. The molecule has 104 valence electrons. The van der Waals surface area contributed by atoms with E-state index in [1.54, 1.807) is 6.08 Å². The van der Waals surface area contributed by atoms with Crippen molar-refractivity contribution in [2.75, 3.05) is 30.8 Å². The van der Waals surface area contributed by atoms with Crippen LogP contribution in [0.5, 0.6) is 5.88 Å². The highest BCUT2D eigenvalue weighted by Gasteiger charge is 2.23. The average molecular weight is 264 g/mol. The molecule has 1 aliphatic heterocycles. The fourth-order valence-electron chi connectivity index (χ4n) is 1.94. The molecule has 0 radical (unpaired) electrons. The summed E-state index contributed by atoms with van der Waals surface area (Å²) in [5.41, 5.74) is 6.41. The summed E-state index contributed by atoms with van der Waals surface area (Å²) >= 11 is 0. The molecule has 0 bridgehead atoms. The first kappa shape index (κ1) is 13.6. The molecule has 6 nitrogen and oxygen atoms in total. The Labute approximate surface area is 113 Å². The van der Waals surface area contributed by atoms with E-state index < -0.39 is 0 Å². The zero-order chi connectivity index (χ0) is 13.7. The van der Waals surface area contributed by atoms with Crippen LogP contribution in [0.25, 0.3) is 0 Å². The largest absolute Gasteiger partial charge is 0.476 e. The molecule has 1 fully saturated rings. The number of hydrogen-bond donors (Lipinski definition) is 2. The Balaban J connectivity index is 2.31. The summed E-state index contributed by atoms with van der Waals surface area (Å²) in [4.78, 5) is 8.80. The molecule has 1 saturated heterocycles. The van der Waals surface area contributed by atoms with Crippen molar-refractivity contribution in [2.24, 2.45) is 0 Å². The minimum Gasteiger partial charge on any atom is -0.476 e. The minimum atomic E-state index is -0.0657. The molecule has 0 aromatic carbocycles. The smallest absolute Gasteiger partial charge is 0.242 e. The molecule has 2 heterocycles. The molecule has 0 saturated carbocycles. The average Bonchev–Trinajstić information content (AvgIpc) is 2.94. The number of nitrogens with zero attached hydrogens (tertiary/aromatic N) is 2. The van der Waals surface area contributed by atoms with Crippen molar-refractivity contribution in [3.8, 4) is 5.88 Å². The first-order chi connectivity index (χ1) is 9.26. The van der Waals surface area contributed by atoms with Gasteiger partial charge in [0.15, 0.2) is 11.6 Å². The summed E-state index contributed by atoms with van der Waals surface area (Å²) in [5, 5.41) is 3.10. The van der Waals surface area contributed by atoms with E-state index in [0.717, 1.165) is 19.4 Å². The van der Waals surface area contributed by atoms with E-state index >= 15 is 0 Å². The van der Waals surface area contributed by atoms with Crippen LogP contribution in [0.2, 0.25) is 0 Å². The molecule has 1 aromatic heterocycles. The Morgan fingerprint density at radius 2 is 2.42 bits per heavy atom. The lowest BCUT2D eigenvalue weighted by molar-refractivity contribution is 0.104. The summed E-state index contributed by atoms with van der Waals surface area (Å²) in [6.45, 7) is 7.39. The van der Waals surface area contributed by atoms with Crippen molar-refractivity contribution in [2.45, 2.75) is 25.9 Å². The van der Waals surface area contributed by atoms with E-state index in [2.05, 4.69) is 21.9 Å². The second-order valence-corrected chi connectivity index (χ2v) is 4.25. The Morgan fingerprint density at radius 3 is 3.05 bits per heavy atom. The molecule has 1 unspecified atom stereocenters. The van der Waals surface area contributed by atoms with E-state index in [4.69, 9.17) is 15.2 Å². The van der Waals surface area contributed by atoms with Gasteiger partial charge in [-0.1, -0.05) is 6.08 Å². The van der Waals surface area contributed by atoms with Gasteiger partial charge in [-0.15, -0.1) is 6.58 Å². The summed E-state index contributed by atoms with van der Waals surface area (Å²) in [7, 11) is 0. The second-order valence-electron chi connectivity index (χ2n) is 4.25. The van der Waals surface area contributed by atoms with Crippen molar-refractivity contribution >= 4 is 11.5 Å². The van der Waals surface area contributed by atoms with Gasteiger partial charge >= 0.3 is 0 Å². The third-order valence-electron chi connectivity index (χ3n) is 2.84. The fraction of sp³-hybridized carbons (Fsp3) is 0.538. The zero-order valence-corrected chi connectivity index (χ0v) is 11.2. The monoisotopic (exact) mass is 264 g/mol. The third kappa shape index (κ3) is 3.14. The van der Waals surface area contributed by atoms with E-state index in [-0.39, 0.29) is 6.10 Å². The molecular weight excluding hydrogens is 244 g/mol. The Morgan fingerprint density at radius 1 is 1.58 bits per heavy atom. The van der Waals surface area contributed by atoms with Gasteiger partial charge in [0, 0.05) is 13.2 Å². The SMILES string of the molecule is C=CCNc1nc(C2CCCO2)nc(OCC)c1N. The molecule has 1 aromatic rings.